The van der Waals surface area contributed by atoms with E-state index < -0.39 is 0 Å². The fraction of sp³-hybridized carbons (Fsp3) is 0.375. The van der Waals surface area contributed by atoms with Gasteiger partial charge < -0.3 is 0 Å². The van der Waals surface area contributed by atoms with E-state index in [-0.39, 0.29) is 0 Å². The quantitative estimate of drug-likeness (QED) is 0.571. The average molecular weight is 320 g/mol. The molecule has 1 aromatic heterocycles. The van der Waals surface area contributed by atoms with Crippen LogP contribution in [0.4, 0.5) is 5.69 Å². The Bertz CT molecular complexity index is 1010. The number of tetrazole rings is 1. The van der Waals surface area contributed by atoms with Gasteiger partial charge in [-0.25, -0.2) is 4.98 Å². The van der Waals surface area contributed by atoms with Gasteiger partial charge >= 0.3 is 0 Å². The highest BCUT2D eigenvalue weighted by atomic mass is 15.6. The van der Waals surface area contributed by atoms with Crippen LogP contribution in [0.5, 0.6) is 0 Å². The number of nitrogens with one attached hydrogen (secondary N) is 1. The number of aromatic nitrogens is 6. The fourth-order valence-corrected chi connectivity index (χ4v) is 3.44. The molecule has 1 fully saturated rings. The van der Waals surface area contributed by atoms with E-state index in [0.717, 1.165) is 40.7 Å². The average Bonchev–Trinajstić information content (AvgIpc) is 3.21. The van der Waals surface area contributed by atoms with E-state index in [1.54, 1.807) is 0 Å². The van der Waals surface area contributed by atoms with E-state index in [9.17, 15) is 0 Å². The largest absolute Gasteiger partial charge is 0.289 e. The summed E-state index contributed by atoms with van der Waals surface area (Å²) in [5.41, 5.74) is 2.29. The van der Waals surface area contributed by atoms with E-state index in [2.05, 4.69) is 35.8 Å². The molecular weight excluding hydrogens is 304 g/mol. The van der Waals surface area contributed by atoms with E-state index in [0.29, 0.717) is 11.8 Å². The Morgan fingerprint density at radius 1 is 1.04 bits per heavy atom. The number of rotatable bonds is 2. The SMILES string of the molecule is c1ccc2c(N=NC3CCCCC3)c3nn4[nH]nnc4nc-3c2c1. The molecule has 0 saturated heterocycles. The molecule has 2 heterocycles. The molecule has 3 aliphatic rings. The lowest BCUT2D eigenvalue weighted by Crippen LogP contribution is -2.08. The highest BCUT2D eigenvalue weighted by molar-refractivity contribution is 6.09. The zero-order valence-electron chi connectivity index (χ0n) is 13.1. The highest BCUT2D eigenvalue weighted by Gasteiger charge is 2.23. The van der Waals surface area contributed by atoms with Gasteiger partial charge in [-0.2, -0.15) is 15.4 Å². The molecule has 1 aliphatic heterocycles. The lowest BCUT2D eigenvalue weighted by Gasteiger charge is -2.15. The van der Waals surface area contributed by atoms with Gasteiger partial charge in [0.25, 0.3) is 5.78 Å². The molecule has 24 heavy (non-hydrogen) atoms. The number of hydrogen-bond acceptors (Lipinski definition) is 6. The van der Waals surface area contributed by atoms with Crippen LogP contribution in [0.25, 0.3) is 27.9 Å². The Labute approximate surface area is 137 Å². The Morgan fingerprint density at radius 2 is 1.88 bits per heavy atom. The predicted octanol–water partition coefficient (Wildman–Crippen LogP) is 3.52. The normalized spacial score (nSPS) is 16.8. The summed E-state index contributed by atoms with van der Waals surface area (Å²) >= 11 is 0. The number of fused-ring (bicyclic) bond motifs is 4. The Kier molecular flexibility index (Phi) is 3.00. The van der Waals surface area contributed by atoms with Crippen LogP contribution in [0, 0.1) is 0 Å². The third kappa shape index (κ3) is 2.06. The standard InChI is InChI=1S/C16H16N8/c1-2-6-10(7-3-1)18-19-14-12-9-5-4-8-11(12)13-15(14)21-24-16(17-13)20-22-23-24/h4-5,8-10H,1-3,6-7H2,(H,17,20,23). The number of aromatic amines is 1. The van der Waals surface area contributed by atoms with Gasteiger partial charge in [-0.05, 0) is 18.1 Å². The van der Waals surface area contributed by atoms with Crippen molar-refractivity contribution < 1.29 is 0 Å². The summed E-state index contributed by atoms with van der Waals surface area (Å²) in [5.74, 6) is 0.439. The topological polar surface area (TPSA) is 96.5 Å². The van der Waals surface area contributed by atoms with Crippen LogP contribution in [0.1, 0.15) is 32.1 Å². The van der Waals surface area contributed by atoms with Crippen molar-refractivity contribution in [1.82, 2.24) is 30.2 Å². The summed E-state index contributed by atoms with van der Waals surface area (Å²) in [6, 6.07) is 8.38. The smallest absolute Gasteiger partial charge is 0.206 e. The molecule has 0 spiro atoms. The molecule has 2 aliphatic carbocycles. The number of nitrogens with zero attached hydrogens (tertiary/aromatic N) is 7. The first kappa shape index (κ1) is 13.5. The molecule has 120 valence electrons. The summed E-state index contributed by atoms with van der Waals surface area (Å²) in [7, 11) is 0. The van der Waals surface area contributed by atoms with E-state index in [1.165, 1.54) is 23.9 Å². The zero-order valence-corrected chi connectivity index (χ0v) is 13.1. The van der Waals surface area contributed by atoms with Crippen molar-refractivity contribution in [3.8, 4) is 11.4 Å². The second kappa shape index (κ2) is 5.33. The Balaban J connectivity index is 1.71. The molecule has 8 heteroatoms. The van der Waals surface area contributed by atoms with E-state index >= 15 is 0 Å². The van der Waals surface area contributed by atoms with Crippen molar-refractivity contribution in [2.45, 2.75) is 38.1 Å². The van der Waals surface area contributed by atoms with Gasteiger partial charge in [0.1, 0.15) is 17.1 Å². The van der Waals surface area contributed by atoms with Gasteiger partial charge in [0.15, 0.2) is 0 Å². The van der Waals surface area contributed by atoms with Gasteiger partial charge in [-0.1, -0.05) is 48.6 Å². The molecule has 2 aromatic rings. The van der Waals surface area contributed by atoms with Crippen molar-refractivity contribution >= 4 is 22.2 Å². The van der Waals surface area contributed by atoms with Gasteiger partial charge in [-0.3, -0.25) is 0 Å². The molecule has 0 amide bonds. The van der Waals surface area contributed by atoms with Gasteiger partial charge in [0.05, 0.1) is 6.04 Å². The van der Waals surface area contributed by atoms with Gasteiger partial charge in [0.2, 0.25) is 0 Å². The molecule has 1 aromatic carbocycles. The zero-order chi connectivity index (χ0) is 15.9. The van der Waals surface area contributed by atoms with Crippen LogP contribution in [0.3, 0.4) is 0 Å². The van der Waals surface area contributed by atoms with Crippen LogP contribution in [0.15, 0.2) is 34.5 Å². The lowest BCUT2D eigenvalue weighted by molar-refractivity contribution is 0.432. The Hall–Kier alpha value is -2.90. The lowest BCUT2D eigenvalue weighted by atomic mass is 9.96. The summed E-state index contributed by atoms with van der Waals surface area (Å²) in [5, 5.41) is 26.2. The third-order valence-electron chi connectivity index (χ3n) is 4.66. The molecule has 1 saturated carbocycles. The van der Waals surface area contributed by atoms with Crippen molar-refractivity contribution in [2.75, 3.05) is 0 Å². The third-order valence-corrected chi connectivity index (χ3v) is 4.66. The van der Waals surface area contributed by atoms with Gasteiger partial charge in [0, 0.05) is 10.8 Å². The highest BCUT2D eigenvalue weighted by Crippen LogP contribution is 2.42. The minimum absolute atomic E-state index is 0.320. The number of hydrogen-bond donors (Lipinski definition) is 1. The Morgan fingerprint density at radius 3 is 2.75 bits per heavy atom. The summed E-state index contributed by atoms with van der Waals surface area (Å²) in [6.07, 6.45) is 6.02. The second-order valence-electron chi connectivity index (χ2n) is 6.22. The maximum absolute atomic E-state index is 4.60. The van der Waals surface area contributed by atoms with Crippen LogP contribution in [0.2, 0.25) is 0 Å². The minimum Gasteiger partial charge on any atom is -0.206 e. The maximum Gasteiger partial charge on any atom is 0.289 e. The van der Waals surface area contributed by atoms with Crippen LogP contribution < -0.4 is 0 Å². The van der Waals surface area contributed by atoms with Crippen LogP contribution in [-0.4, -0.2) is 36.3 Å². The summed E-state index contributed by atoms with van der Waals surface area (Å²) < 4.78 is 1.46. The molecular formula is C16H16N8. The predicted molar refractivity (Wildman–Crippen MR) is 88.4 cm³/mol. The van der Waals surface area contributed by atoms with Gasteiger partial charge in [-0.15, -0.1) is 9.73 Å². The molecule has 8 nitrogen and oxygen atoms in total. The number of H-pyrrole nitrogens is 1. The molecule has 1 N–H and O–H groups in total. The first-order valence-electron chi connectivity index (χ1n) is 8.29. The van der Waals surface area contributed by atoms with Crippen molar-refractivity contribution in [3.05, 3.63) is 24.3 Å². The summed E-state index contributed by atoms with van der Waals surface area (Å²) in [6.45, 7) is 0. The van der Waals surface area contributed by atoms with Crippen LogP contribution >= 0.6 is 0 Å². The van der Waals surface area contributed by atoms with Crippen LogP contribution in [-0.2, 0) is 0 Å². The molecule has 0 unspecified atom stereocenters. The molecule has 0 bridgehead atoms. The van der Waals surface area contributed by atoms with E-state index in [1.807, 2.05) is 24.3 Å². The fourth-order valence-electron chi connectivity index (χ4n) is 3.44. The van der Waals surface area contributed by atoms with Crippen molar-refractivity contribution in [1.29, 1.82) is 0 Å². The van der Waals surface area contributed by atoms with E-state index in [4.69, 9.17) is 0 Å². The molecule has 5 rings (SSSR count). The first-order valence-corrected chi connectivity index (χ1v) is 8.29. The first-order chi connectivity index (χ1) is 11.9. The second-order valence-corrected chi connectivity index (χ2v) is 6.22. The van der Waals surface area contributed by atoms with Crippen molar-refractivity contribution in [3.63, 3.8) is 0 Å². The maximum atomic E-state index is 4.60. The monoisotopic (exact) mass is 320 g/mol. The number of azo groups is 1. The minimum atomic E-state index is 0.320. The number of benzene rings is 1. The summed E-state index contributed by atoms with van der Waals surface area (Å²) in [4.78, 5) is 4.58. The molecule has 0 atom stereocenters. The molecule has 0 radical (unpaired) electrons. The van der Waals surface area contributed by atoms with Crippen molar-refractivity contribution in [2.24, 2.45) is 10.2 Å².